The summed E-state index contributed by atoms with van der Waals surface area (Å²) in [6.45, 7) is 9.54. The summed E-state index contributed by atoms with van der Waals surface area (Å²) in [4.78, 5) is 15.1. The summed E-state index contributed by atoms with van der Waals surface area (Å²) < 4.78 is 2.43. The average molecular weight is 724 g/mol. The van der Waals surface area contributed by atoms with Gasteiger partial charge in [0.15, 0.2) is 17.5 Å². The van der Waals surface area contributed by atoms with E-state index in [1.54, 1.807) is 0 Å². The van der Waals surface area contributed by atoms with Gasteiger partial charge < -0.3 is 0 Å². The van der Waals surface area contributed by atoms with Crippen molar-refractivity contribution in [2.24, 2.45) is 0 Å². The molecule has 11 rings (SSSR count). The molecule has 2 aliphatic carbocycles. The van der Waals surface area contributed by atoms with Crippen LogP contribution >= 0.6 is 11.3 Å². The van der Waals surface area contributed by atoms with Crippen molar-refractivity contribution in [2.45, 2.75) is 38.5 Å². The minimum Gasteiger partial charge on any atom is -0.208 e. The highest BCUT2D eigenvalue weighted by molar-refractivity contribution is 7.26. The van der Waals surface area contributed by atoms with Gasteiger partial charge in [-0.15, -0.1) is 11.3 Å². The van der Waals surface area contributed by atoms with Gasteiger partial charge in [0.05, 0.1) is 0 Å². The average Bonchev–Trinajstić information content (AvgIpc) is 3.80. The third-order valence-electron chi connectivity index (χ3n) is 12.2. The molecule has 7 aromatic carbocycles. The van der Waals surface area contributed by atoms with E-state index in [1.165, 1.54) is 75.8 Å². The van der Waals surface area contributed by atoms with Crippen molar-refractivity contribution in [1.82, 2.24) is 15.0 Å². The fourth-order valence-electron chi connectivity index (χ4n) is 9.29. The summed E-state index contributed by atoms with van der Waals surface area (Å²) in [5.41, 5.74) is 16.4. The predicted octanol–water partition coefficient (Wildman–Crippen LogP) is 13.5. The van der Waals surface area contributed by atoms with Gasteiger partial charge in [0, 0.05) is 47.7 Å². The zero-order chi connectivity index (χ0) is 37.1. The van der Waals surface area contributed by atoms with Crippen molar-refractivity contribution in [1.29, 1.82) is 0 Å². The van der Waals surface area contributed by atoms with Crippen LogP contribution in [0.15, 0.2) is 152 Å². The molecule has 0 bridgehead atoms. The molecule has 3 nitrogen and oxygen atoms in total. The molecule has 0 radical (unpaired) electrons. The summed E-state index contributed by atoms with van der Waals surface area (Å²) >= 11 is 1.81. The monoisotopic (exact) mass is 723 g/mol. The molecule has 4 heteroatoms. The van der Waals surface area contributed by atoms with Crippen LogP contribution in [-0.2, 0) is 10.8 Å². The Balaban J connectivity index is 1.08. The second kappa shape index (κ2) is 11.6. The summed E-state index contributed by atoms with van der Waals surface area (Å²) in [7, 11) is 0. The van der Waals surface area contributed by atoms with Crippen LogP contribution in [0.4, 0.5) is 0 Å². The van der Waals surface area contributed by atoms with Gasteiger partial charge >= 0.3 is 0 Å². The lowest BCUT2D eigenvalue weighted by Crippen LogP contribution is -2.16. The molecule has 2 heterocycles. The molecule has 0 spiro atoms. The molecule has 0 N–H and O–H groups in total. The minimum absolute atomic E-state index is 0.0583. The smallest absolute Gasteiger partial charge is 0.165 e. The van der Waals surface area contributed by atoms with Gasteiger partial charge in [-0.2, -0.15) is 0 Å². The van der Waals surface area contributed by atoms with Crippen LogP contribution in [0.1, 0.15) is 49.9 Å². The molecule has 0 aliphatic heterocycles. The number of rotatable bonds is 4. The van der Waals surface area contributed by atoms with Gasteiger partial charge in [-0.3, -0.25) is 0 Å². The Kier molecular flexibility index (Phi) is 6.82. The van der Waals surface area contributed by atoms with Crippen molar-refractivity contribution >= 4 is 31.5 Å². The highest BCUT2D eigenvalue weighted by Crippen LogP contribution is 2.58. The molecule has 2 aromatic heterocycles. The van der Waals surface area contributed by atoms with Crippen molar-refractivity contribution < 1.29 is 0 Å². The molecular formula is C51H37N3S. The highest BCUT2D eigenvalue weighted by Gasteiger charge is 2.42. The normalized spacial score (nSPS) is 14.5. The molecule has 0 saturated carbocycles. The Labute approximate surface area is 325 Å². The fourth-order valence-corrected chi connectivity index (χ4v) is 10.5. The van der Waals surface area contributed by atoms with E-state index in [0.29, 0.717) is 17.5 Å². The maximum Gasteiger partial charge on any atom is 0.165 e. The van der Waals surface area contributed by atoms with Crippen molar-refractivity contribution in [3.63, 3.8) is 0 Å². The molecule has 2 aliphatic rings. The van der Waals surface area contributed by atoms with E-state index in [0.717, 1.165) is 16.7 Å². The maximum atomic E-state index is 5.09. The Morgan fingerprint density at radius 2 is 0.945 bits per heavy atom. The van der Waals surface area contributed by atoms with E-state index in [4.69, 9.17) is 15.0 Å². The lowest BCUT2D eigenvalue weighted by Gasteiger charge is -2.24. The standard InChI is InChI=1S/C51H37N3S/c1-50(2)40-23-12-11-19-34(40)37-28-43-39(29-42(37)50)45-33(20-14-24-41(45)51(43,3)4)32-25-26-44-38(27-32)35-21-13-22-36(46(35)55-44)49-53-47(30-15-7-5-8-16-30)52-48(54-49)31-17-9-6-10-18-31/h5-29H,1-4H3. The first-order chi connectivity index (χ1) is 26.8. The van der Waals surface area contributed by atoms with Crippen LogP contribution in [0, 0.1) is 0 Å². The van der Waals surface area contributed by atoms with E-state index < -0.39 is 0 Å². The van der Waals surface area contributed by atoms with Crippen LogP contribution < -0.4 is 0 Å². The van der Waals surface area contributed by atoms with Gasteiger partial charge in [-0.05, 0) is 86.0 Å². The molecule has 9 aromatic rings. The second-order valence-electron chi connectivity index (χ2n) is 16.0. The molecule has 0 amide bonds. The number of hydrogen-bond acceptors (Lipinski definition) is 4. The van der Waals surface area contributed by atoms with Crippen LogP contribution in [0.2, 0.25) is 0 Å². The highest BCUT2D eigenvalue weighted by atomic mass is 32.1. The second-order valence-corrected chi connectivity index (χ2v) is 17.1. The number of benzene rings is 7. The first-order valence-corrected chi connectivity index (χ1v) is 19.8. The number of thiophene rings is 1. The molecule has 0 fully saturated rings. The molecule has 0 unspecified atom stereocenters. The number of fused-ring (bicyclic) bond motifs is 9. The van der Waals surface area contributed by atoms with E-state index in [2.05, 4.69) is 143 Å². The predicted molar refractivity (Wildman–Crippen MR) is 230 cm³/mol. The summed E-state index contributed by atoms with van der Waals surface area (Å²) in [6.07, 6.45) is 0. The first kappa shape index (κ1) is 32.2. The largest absolute Gasteiger partial charge is 0.208 e. The van der Waals surface area contributed by atoms with E-state index in [1.807, 2.05) is 47.7 Å². The van der Waals surface area contributed by atoms with E-state index in [9.17, 15) is 0 Å². The summed E-state index contributed by atoms with van der Waals surface area (Å²) in [5, 5.41) is 2.47. The van der Waals surface area contributed by atoms with Crippen LogP contribution in [-0.4, -0.2) is 15.0 Å². The molecule has 0 saturated heterocycles. The Hall–Kier alpha value is -6.23. The Bertz CT molecular complexity index is 2970. The molecule has 55 heavy (non-hydrogen) atoms. The summed E-state index contributed by atoms with van der Waals surface area (Å²) in [5.74, 6) is 2.02. The van der Waals surface area contributed by atoms with Crippen LogP contribution in [0.3, 0.4) is 0 Å². The molecule has 0 atom stereocenters. The SMILES string of the molecule is CC1(C)c2ccccc2-c2cc3c(cc21)-c1c(-c2ccc4sc5c(-c6nc(-c7ccccc7)nc(-c7ccccc7)n6)cccc5c4c2)cccc1C3(C)C. The topological polar surface area (TPSA) is 38.7 Å². The zero-order valence-electron chi connectivity index (χ0n) is 31.2. The third-order valence-corrected chi connectivity index (χ3v) is 13.4. The number of hydrogen-bond donors (Lipinski definition) is 0. The lowest BCUT2D eigenvalue weighted by atomic mass is 9.79. The maximum absolute atomic E-state index is 5.09. The van der Waals surface area contributed by atoms with Crippen molar-refractivity contribution in [3.05, 3.63) is 174 Å². The van der Waals surface area contributed by atoms with Gasteiger partial charge in [0.25, 0.3) is 0 Å². The van der Waals surface area contributed by atoms with Gasteiger partial charge in [0.2, 0.25) is 0 Å². The van der Waals surface area contributed by atoms with E-state index >= 15 is 0 Å². The van der Waals surface area contributed by atoms with Gasteiger partial charge in [-0.1, -0.05) is 149 Å². The Morgan fingerprint density at radius 1 is 0.382 bits per heavy atom. The van der Waals surface area contributed by atoms with Crippen molar-refractivity contribution in [3.8, 4) is 67.5 Å². The van der Waals surface area contributed by atoms with Gasteiger partial charge in [0.1, 0.15) is 0 Å². The minimum atomic E-state index is -0.118. The molecular weight excluding hydrogens is 687 g/mol. The first-order valence-electron chi connectivity index (χ1n) is 19.0. The quantitative estimate of drug-likeness (QED) is 0.181. The zero-order valence-corrected chi connectivity index (χ0v) is 32.0. The Morgan fingerprint density at radius 3 is 1.69 bits per heavy atom. The fraction of sp³-hybridized carbons (Fsp3) is 0.118. The van der Waals surface area contributed by atoms with Crippen LogP contribution in [0.5, 0.6) is 0 Å². The number of nitrogens with zero attached hydrogens (tertiary/aromatic N) is 3. The lowest BCUT2D eigenvalue weighted by molar-refractivity contribution is 0.652. The number of aromatic nitrogens is 3. The third kappa shape index (κ3) is 4.71. The summed E-state index contributed by atoms with van der Waals surface area (Å²) in [6, 6.07) is 54.8. The molecule has 262 valence electrons. The van der Waals surface area contributed by atoms with Gasteiger partial charge in [-0.25, -0.2) is 15.0 Å². The van der Waals surface area contributed by atoms with E-state index in [-0.39, 0.29) is 10.8 Å². The van der Waals surface area contributed by atoms with Crippen molar-refractivity contribution in [2.75, 3.05) is 0 Å². The van der Waals surface area contributed by atoms with Crippen LogP contribution in [0.25, 0.3) is 87.7 Å².